The highest BCUT2D eigenvalue weighted by Crippen LogP contribution is 2.10. The standard InChI is InChI=1S/C16H22/c1-3-5-7-8-10-16-13-11-15(12-14-16)9-6-4-2/h6,11-14H,2-3,5,7-10H2,1H3. The molecule has 0 fully saturated rings. The molecule has 0 saturated heterocycles. The zero-order valence-corrected chi connectivity index (χ0v) is 10.3. The molecule has 0 aliphatic rings. The number of benzene rings is 1. The Balaban J connectivity index is 2.35. The van der Waals surface area contributed by atoms with Gasteiger partial charge in [-0.15, -0.1) is 5.73 Å². The summed E-state index contributed by atoms with van der Waals surface area (Å²) in [7, 11) is 0. The van der Waals surface area contributed by atoms with E-state index >= 15 is 0 Å². The van der Waals surface area contributed by atoms with Gasteiger partial charge >= 0.3 is 0 Å². The van der Waals surface area contributed by atoms with Crippen molar-refractivity contribution in [3.05, 3.63) is 53.8 Å². The van der Waals surface area contributed by atoms with E-state index in [0.717, 1.165) is 6.42 Å². The van der Waals surface area contributed by atoms with E-state index in [-0.39, 0.29) is 0 Å². The van der Waals surface area contributed by atoms with Crippen LogP contribution in [0.25, 0.3) is 0 Å². The summed E-state index contributed by atoms with van der Waals surface area (Å²) in [6.07, 6.45) is 9.49. The molecule has 86 valence electrons. The van der Waals surface area contributed by atoms with Crippen LogP contribution in [0.5, 0.6) is 0 Å². The summed E-state index contributed by atoms with van der Waals surface area (Å²) in [4.78, 5) is 0. The van der Waals surface area contributed by atoms with Crippen LogP contribution in [0.1, 0.15) is 43.7 Å². The molecule has 0 N–H and O–H groups in total. The molecule has 0 unspecified atom stereocenters. The number of allylic oxidation sites excluding steroid dienone is 1. The second kappa shape index (κ2) is 7.96. The summed E-state index contributed by atoms with van der Waals surface area (Å²) in [5.74, 6) is 0. The first-order valence-electron chi connectivity index (χ1n) is 6.29. The van der Waals surface area contributed by atoms with Crippen molar-refractivity contribution < 1.29 is 0 Å². The molecule has 0 nitrogen and oxygen atoms in total. The van der Waals surface area contributed by atoms with E-state index in [4.69, 9.17) is 0 Å². The van der Waals surface area contributed by atoms with Crippen molar-refractivity contribution in [2.45, 2.75) is 45.4 Å². The second-order valence-electron chi connectivity index (χ2n) is 4.24. The molecule has 0 aliphatic carbocycles. The molecule has 0 radical (unpaired) electrons. The Labute approximate surface area is 99.7 Å². The van der Waals surface area contributed by atoms with E-state index in [1.54, 1.807) is 0 Å². The summed E-state index contributed by atoms with van der Waals surface area (Å²) in [6.45, 7) is 5.82. The topological polar surface area (TPSA) is 0 Å². The molecular formula is C16H22. The van der Waals surface area contributed by atoms with Crippen LogP contribution in [0, 0.1) is 0 Å². The summed E-state index contributed by atoms with van der Waals surface area (Å²) >= 11 is 0. The minimum absolute atomic E-state index is 0.944. The van der Waals surface area contributed by atoms with Gasteiger partial charge in [-0.1, -0.05) is 57.0 Å². The quantitative estimate of drug-likeness (QED) is 0.456. The van der Waals surface area contributed by atoms with E-state index < -0.39 is 0 Å². The van der Waals surface area contributed by atoms with Crippen LogP contribution in [-0.4, -0.2) is 0 Å². The molecule has 0 aromatic heterocycles. The summed E-state index contributed by atoms with van der Waals surface area (Å²) in [5.41, 5.74) is 5.61. The van der Waals surface area contributed by atoms with Gasteiger partial charge in [-0.2, -0.15) is 0 Å². The van der Waals surface area contributed by atoms with E-state index in [1.165, 1.54) is 43.2 Å². The van der Waals surface area contributed by atoms with E-state index in [0.29, 0.717) is 0 Å². The predicted octanol–water partition coefficient (Wildman–Crippen LogP) is 4.69. The van der Waals surface area contributed by atoms with Gasteiger partial charge in [0.25, 0.3) is 0 Å². The Morgan fingerprint density at radius 3 is 2.38 bits per heavy atom. The molecule has 0 spiro atoms. The maximum Gasteiger partial charge on any atom is -0.00215 e. The summed E-state index contributed by atoms with van der Waals surface area (Å²) < 4.78 is 0. The lowest BCUT2D eigenvalue weighted by molar-refractivity contribution is 0.667. The predicted molar refractivity (Wildman–Crippen MR) is 71.7 cm³/mol. The van der Waals surface area contributed by atoms with Crippen molar-refractivity contribution in [2.75, 3.05) is 0 Å². The van der Waals surface area contributed by atoms with Crippen molar-refractivity contribution >= 4 is 0 Å². The molecule has 0 heteroatoms. The first-order chi connectivity index (χ1) is 7.86. The molecule has 0 amide bonds. The summed E-state index contributed by atoms with van der Waals surface area (Å²) in [6, 6.07) is 8.92. The van der Waals surface area contributed by atoms with Crippen LogP contribution >= 0.6 is 0 Å². The van der Waals surface area contributed by atoms with Crippen molar-refractivity contribution in [3.63, 3.8) is 0 Å². The van der Waals surface area contributed by atoms with Crippen molar-refractivity contribution in [3.8, 4) is 0 Å². The largest absolute Gasteiger partial charge is 0.133 e. The Morgan fingerprint density at radius 2 is 1.75 bits per heavy atom. The van der Waals surface area contributed by atoms with Gasteiger partial charge in [0.15, 0.2) is 0 Å². The smallest absolute Gasteiger partial charge is 0.00215 e. The van der Waals surface area contributed by atoms with Gasteiger partial charge in [-0.25, -0.2) is 0 Å². The minimum Gasteiger partial charge on any atom is -0.133 e. The van der Waals surface area contributed by atoms with E-state index in [1.807, 2.05) is 6.08 Å². The minimum atomic E-state index is 0.944. The summed E-state index contributed by atoms with van der Waals surface area (Å²) in [5, 5.41) is 0. The van der Waals surface area contributed by atoms with Crippen LogP contribution in [0.4, 0.5) is 0 Å². The maximum absolute atomic E-state index is 3.57. The lowest BCUT2D eigenvalue weighted by Crippen LogP contribution is -1.87. The normalized spacial score (nSPS) is 9.81. The zero-order chi connectivity index (χ0) is 11.6. The Hall–Kier alpha value is -1.26. The number of unbranched alkanes of at least 4 members (excludes halogenated alkanes) is 3. The molecule has 0 atom stereocenters. The monoisotopic (exact) mass is 214 g/mol. The molecule has 1 aromatic rings. The highest BCUT2D eigenvalue weighted by molar-refractivity contribution is 5.24. The van der Waals surface area contributed by atoms with E-state index in [9.17, 15) is 0 Å². The SMILES string of the molecule is C=C=CCc1ccc(CCCCCC)cc1. The van der Waals surface area contributed by atoms with Crippen LogP contribution in [0.3, 0.4) is 0 Å². The highest BCUT2D eigenvalue weighted by atomic mass is 14.0. The Morgan fingerprint density at radius 1 is 1.06 bits per heavy atom. The fraction of sp³-hybridized carbons (Fsp3) is 0.438. The van der Waals surface area contributed by atoms with Crippen LogP contribution in [-0.2, 0) is 12.8 Å². The van der Waals surface area contributed by atoms with Crippen molar-refractivity contribution in [1.82, 2.24) is 0 Å². The average molecular weight is 214 g/mol. The fourth-order valence-electron chi connectivity index (χ4n) is 1.79. The van der Waals surface area contributed by atoms with Crippen molar-refractivity contribution in [1.29, 1.82) is 0 Å². The third kappa shape index (κ3) is 5.00. The van der Waals surface area contributed by atoms with Crippen LogP contribution < -0.4 is 0 Å². The number of hydrogen-bond donors (Lipinski definition) is 0. The fourth-order valence-corrected chi connectivity index (χ4v) is 1.79. The lowest BCUT2D eigenvalue weighted by atomic mass is 10.0. The lowest BCUT2D eigenvalue weighted by Gasteiger charge is -2.02. The third-order valence-corrected chi connectivity index (χ3v) is 2.82. The molecule has 0 saturated carbocycles. The molecule has 0 heterocycles. The van der Waals surface area contributed by atoms with Gasteiger partial charge in [-0.05, 0) is 36.5 Å². The molecule has 0 aliphatic heterocycles. The van der Waals surface area contributed by atoms with Gasteiger partial charge in [-0.3, -0.25) is 0 Å². The third-order valence-electron chi connectivity index (χ3n) is 2.82. The second-order valence-corrected chi connectivity index (χ2v) is 4.24. The van der Waals surface area contributed by atoms with Gasteiger partial charge in [0.1, 0.15) is 0 Å². The van der Waals surface area contributed by atoms with Gasteiger partial charge in [0.2, 0.25) is 0 Å². The van der Waals surface area contributed by atoms with Crippen LogP contribution in [0.2, 0.25) is 0 Å². The Bertz CT molecular complexity index is 326. The van der Waals surface area contributed by atoms with Crippen molar-refractivity contribution in [2.24, 2.45) is 0 Å². The van der Waals surface area contributed by atoms with Crippen LogP contribution in [0.15, 0.2) is 42.7 Å². The number of hydrogen-bond acceptors (Lipinski definition) is 0. The molecule has 1 aromatic carbocycles. The van der Waals surface area contributed by atoms with Gasteiger partial charge in [0.05, 0.1) is 0 Å². The highest BCUT2D eigenvalue weighted by Gasteiger charge is 1.94. The van der Waals surface area contributed by atoms with Gasteiger partial charge in [0, 0.05) is 0 Å². The first-order valence-corrected chi connectivity index (χ1v) is 6.29. The molecule has 0 bridgehead atoms. The Kier molecular flexibility index (Phi) is 6.37. The average Bonchev–Trinajstić information content (AvgIpc) is 2.33. The zero-order valence-electron chi connectivity index (χ0n) is 10.3. The number of aryl methyl sites for hydroxylation is 1. The maximum atomic E-state index is 3.57. The molecule has 1 rings (SSSR count). The molecular weight excluding hydrogens is 192 g/mol. The van der Waals surface area contributed by atoms with Gasteiger partial charge < -0.3 is 0 Å². The molecule has 16 heavy (non-hydrogen) atoms. The number of rotatable bonds is 7. The first kappa shape index (κ1) is 12.8. The van der Waals surface area contributed by atoms with E-state index in [2.05, 4.69) is 43.5 Å².